The van der Waals surface area contributed by atoms with Gasteiger partial charge in [-0.05, 0) is 85.7 Å². The lowest BCUT2D eigenvalue weighted by Crippen LogP contribution is -2.20. The van der Waals surface area contributed by atoms with Gasteiger partial charge in [0, 0.05) is 17.1 Å². The van der Waals surface area contributed by atoms with Crippen molar-refractivity contribution in [3.05, 3.63) is 65.3 Å². The van der Waals surface area contributed by atoms with Gasteiger partial charge in [-0.25, -0.2) is 0 Å². The fraction of sp³-hybridized carbons (Fsp3) is 0.435. The lowest BCUT2D eigenvalue weighted by molar-refractivity contribution is 0.200. The lowest BCUT2D eigenvalue weighted by atomic mass is 9.88. The van der Waals surface area contributed by atoms with Crippen LogP contribution < -0.4 is 9.47 Å². The Morgan fingerprint density at radius 1 is 1.11 bits per heavy atom. The van der Waals surface area contributed by atoms with Gasteiger partial charge in [-0.1, -0.05) is 12.1 Å². The highest BCUT2D eigenvalue weighted by atomic mass is 32.2. The predicted octanol–water partition coefficient (Wildman–Crippen LogP) is 5.89. The highest BCUT2D eigenvalue weighted by Crippen LogP contribution is 2.50. The summed E-state index contributed by atoms with van der Waals surface area (Å²) in [6, 6.07) is 10.7. The fourth-order valence-corrected chi connectivity index (χ4v) is 5.22. The molecule has 1 unspecified atom stereocenters. The molecule has 142 valence electrons. The van der Waals surface area contributed by atoms with Gasteiger partial charge in [0.05, 0.1) is 13.2 Å². The number of nitrogens with zero attached hydrogens (tertiary/aromatic N) is 1. The van der Waals surface area contributed by atoms with E-state index in [2.05, 4.69) is 46.8 Å². The maximum Gasteiger partial charge on any atom is 0.161 e. The molecule has 0 spiro atoms. The number of hydrogen-bond donors (Lipinski definition) is 0. The van der Waals surface area contributed by atoms with Crippen LogP contribution in [0, 0.1) is 0 Å². The Morgan fingerprint density at radius 2 is 1.93 bits per heavy atom. The van der Waals surface area contributed by atoms with Crippen LogP contribution in [0.4, 0.5) is 0 Å². The molecule has 2 aromatic rings. The number of aryl methyl sites for hydroxylation is 1. The van der Waals surface area contributed by atoms with Crippen LogP contribution in [-0.2, 0) is 11.2 Å². The molecule has 4 heteroatoms. The average Bonchev–Trinajstić information content (AvgIpc) is 3.40. The zero-order chi connectivity index (χ0) is 18.5. The highest BCUT2D eigenvalue weighted by molar-refractivity contribution is 8.03. The summed E-state index contributed by atoms with van der Waals surface area (Å²) in [6.07, 6.45) is 14.4. The van der Waals surface area contributed by atoms with Crippen molar-refractivity contribution >= 4 is 11.8 Å². The zero-order valence-corrected chi connectivity index (χ0v) is 16.7. The number of methoxy groups -OCH3 is 1. The van der Waals surface area contributed by atoms with Crippen LogP contribution >= 0.6 is 11.8 Å². The maximum absolute atomic E-state index is 6.34. The minimum Gasteiger partial charge on any atom is -0.493 e. The third-order valence-corrected chi connectivity index (χ3v) is 7.08. The second-order valence-electron chi connectivity index (χ2n) is 7.43. The van der Waals surface area contributed by atoms with E-state index in [1.807, 2.05) is 24.2 Å². The van der Waals surface area contributed by atoms with Crippen molar-refractivity contribution in [1.29, 1.82) is 0 Å². The van der Waals surface area contributed by atoms with Crippen LogP contribution in [0.2, 0.25) is 0 Å². The van der Waals surface area contributed by atoms with E-state index in [4.69, 9.17) is 9.47 Å². The first-order valence-corrected chi connectivity index (χ1v) is 10.7. The van der Waals surface area contributed by atoms with Crippen molar-refractivity contribution in [3.63, 3.8) is 0 Å². The number of benzene rings is 1. The van der Waals surface area contributed by atoms with Crippen molar-refractivity contribution < 1.29 is 9.47 Å². The van der Waals surface area contributed by atoms with Gasteiger partial charge < -0.3 is 9.47 Å². The van der Waals surface area contributed by atoms with E-state index in [9.17, 15) is 0 Å². The van der Waals surface area contributed by atoms with Crippen molar-refractivity contribution in [1.82, 2.24) is 4.98 Å². The van der Waals surface area contributed by atoms with Gasteiger partial charge in [-0.2, -0.15) is 0 Å². The van der Waals surface area contributed by atoms with Crippen LogP contribution in [0.25, 0.3) is 0 Å². The van der Waals surface area contributed by atoms with E-state index < -0.39 is 0 Å². The number of pyridine rings is 1. The van der Waals surface area contributed by atoms with Crippen molar-refractivity contribution in [2.75, 3.05) is 7.11 Å². The van der Waals surface area contributed by atoms with Gasteiger partial charge in [0.2, 0.25) is 0 Å². The van der Waals surface area contributed by atoms with E-state index in [0.717, 1.165) is 43.6 Å². The number of allylic oxidation sites excluding steroid dienone is 1. The molecule has 2 aliphatic rings. The quantitative estimate of drug-likeness (QED) is 0.598. The highest BCUT2D eigenvalue weighted by Gasteiger charge is 2.34. The number of aromatic nitrogens is 1. The molecule has 4 rings (SSSR count). The molecule has 2 heterocycles. The molecule has 1 aromatic heterocycles. The number of rotatable bonds is 7. The summed E-state index contributed by atoms with van der Waals surface area (Å²) in [5, 5.41) is 2.24. The Hall–Kier alpha value is -1.94. The Labute approximate surface area is 166 Å². The average molecular weight is 382 g/mol. The van der Waals surface area contributed by atoms with Crippen LogP contribution in [-0.4, -0.2) is 18.2 Å². The summed E-state index contributed by atoms with van der Waals surface area (Å²) >= 11 is 1.93. The molecule has 0 N–H and O–H groups in total. The molecule has 1 aliphatic carbocycles. The van der Waals surface area contributed by atoms with Gasteiger partial charge in [-0.3, -0.25) is 4.98 Å². The molecule has 1 aromatic carbocycles. The van der Waals surface area contributed by atoms with Gasteiger partial charge in [0.25, 0.3) is 0 Å². The topological polar surface area (TPSA) is 31.4 Å². The van der Waals surface area contributed by atoms with E-state index in [0.29, 0.717) is 6.10 Å². The Morgan fingerprint density at radius 3 is 2.63 bits per heavy atom. The molecule has 0 saturated heterocycles. The Kier molecular flexibility index (Phi) is 5.72. The Balaban J connectivity index is 1.58. The minimum atomic E-state index is 0.0727. The summed E-state index contributed by atoms with van der Waals surface area (Å²) in [5.74, 6) is 1.74. The molecule has 3 nitrogen and oxygen atoms in total. The van der Waals surface area contributed by atoms with Gasteiger partial charge in [-0.15, -0.1) is 11.8 Å². The molecule has 0 bridgehead atoms. The second kappa shape index (κ2) is 8.39. The van der Waals surface area contributed by atoms with Crippen LogP contribution in [0.5, 0.6) is 11.5 Å². The van der Waals surface area contributed by atoms with Crippen molar-refractivity contribution in [2.24, 2.45) is 0 Å². The maximum atomic E-state index is 6.34. The molecule has 1 atom stereocenters. The number of hydrogen-bond acceptors (Lipinski definition) is 4. The molecule has 1 aliphatic heterocycles. The predicted molar refractivity (Wildman–Crippen MR) is 111 cm³/mol. The standard InChI is InChI=1S/C23H27NO2S/c1-25-21-8-7-19(17-22(21)26-20-5-2-3-6-20)23(12-4-16-27-23)13-9-18-10-14-24-15-11-18/h4,7-8,10-11,14-17,20H,2-3,5-6,9,12-13H2,1H3. The third-order valence-electron chi connectivity index (χ3n) is 5.69. The molecule has 1 fully saturated rings. The van der Waals surface area contributed by atoms with Crippen LogP contribution in [0.3, 0.4) is 0 Å². The summed E-state index contributed by atoms with van der Waals surface area (Å²) < 4.78 is 12.0. The number of thioether (sulfide) groups is 1. The van der Waals surface area contributed by atoms with Crippen LogP contribution in [0.15, 0.2) is 54.2 Å². The van der Waals surface area contributed by atoms with E-state index in [1.54, 1.807) is 7.11 Å². The first kappa shape index (κ1) is 18.4. The fourth-order valence-electron chi connectivity index (χ4n) is 4.09. The smallest absolute Gasteiger partial charge is 0.161 e. The normalized spacial score (nSPS) is 22.3. The SMILES string of the molecule is COc1ccc(C2(CCc3ccncc3)CC=CS2)cc1OC1CCCC1. The zero-order valence-electron chi connectivity index (χ0n) is 15.9. The summed E-state index contributed by atoms with van der Waals surface area (Å²) in [5.41, 5.74) is 2.67. The Bertz CT molecular complexity index is 776. The largest absolute Gasteiger partial charge is 0.493 e. The minimum absolute atomic E-state index is 0.0727. The van der Waals surface area contributed by atoms with Crippen molar-refractivity contribution in [3.8, 4) is 11.5 Å². The summed E-state index contributed by atoms with van der Waals surface area (Å²) in [6.45, 7) is 0. The number of ether oxygens (including phenoxy) is 2. The first-order chi connectivity index (χ1) is 13.3. The lowest BCUT2D eigenvalue weighted by Gasteiger charge is -2.30. The first-order valence-electron chi connectivity index (χ1n) is 9.86. The molecule has 0 amide bonds. The van der Waals surface area contributed by atoms with Crippen molar-refractivity contribution in [2.45, 2.75) is 55.8 Å². The third kappa shape index (κ3) is 4.16. The van der Waals surface area contributed by atoms with E-state index in [-0.39, 0.29) is 4.75 Å². The van der Waals surface area contributed by atoms with E-state index >= 15 is 0 Å². The van der Waals surface area contributed by atoms with Crippen LogP contribution in [0.1, 0.15) is 49.7 Å². The molecule has 27 heavy (non-hydrogen) atoms. The molecule has 1 saturated carbocycles. The monoisotopic (exact) mass is 381 g/mol. The van der Waals surface area contributed by atoms with Gasteiger partial charge >= 0.3 is 0 Å². The van der Waals surface area contributed by atoms with E-state index in [1.165, 1.54) is 24.0 Å². The molecular formula is C23H27NO2S. The van der Waals surface area contributed by atoms with Gasteiger partial charge in [0.1, 0.15) is 0 Å². The summed E-state index contributed by atoms with van der Waals surface area (Å²) in [7, 11) is 1.72. The van der Waals surface area contributed by atoms with Gasteiger partial charge in [0.15, 0.2) is 11.5 Å². The molecule has 0 radical (unpaired) electrons. The summed E-state index contributed by atoms with van der Waals surface area (Å²) in [4.78, 5) is 4.13. The second-order valence-corrected chi connectivity index (χ2v) is 8.72. The molecular weight excluding hydrogens is 354 g/mol.